The van der Waals surface area contributed by atoms with Gasteiger partial charge in [0.25, 0.3) is 0 Å². The van der Waals surface area contributed by atoms with Crippen LogP contribution in [-0.2, 0) is 17.9 Å². The van der Waals surface area contributed by atoms with E-state index in [2.05, 4.69) is 54.7 Å². The molecular weight excluding hydrogens is 416 g/mol. The third-order valence-corrected chi connectivity index (χ3v) is 5.97. The number of hydrogen-bond acceptors (Lipinski definition) is 6. The monoisotopic (exact) mass is 436 g/mol. The van der Waals surface area contributed by atoms with Gasteiger partial charge in [-0.05, 0) is 17.2 Å². The van der Waals surface area contributed by atoms with Gasteiger partial charge in [0.2, 0.25) is 5.91 Å². The van der Waals surface area contributed by atoms with Crippen LogP contribution >= 0.6 is 11.6 Å². The first-order valence-corrected chi connectivity index (χ1v) is 10.5. The summed E-state index contributed by atoms with van der Waals surface area (Å²) in [6.07, 6.45) is 3.01. The highest BCUT2D eigenvalue weighted by Gasteiger charge is 2.21. The number of rotatable bonds is 5. The van der Waals surface area contributed by atoms with Crippen molar-refractivity contribution < 1.29 is 4.79 Å². The summed E-state index contributed by atoms with van der Waals surface area (Å²) in [5.74, 6) is 0.0791. The lowest BCUT2D eigenvalue weighted by Gasteiger charge is -2.34. The standard InChI is InChI=1S/C21H21ClN8O/c22-20-17(5-6-18-21(20)26-27-25-18)16-3-1-15(2-4-16)11-28-7-9-29(10-8-28)19(31)12-30-14-23-13-24-30/h1-6,13-14H,7-12H2,(H,25,26,27). The number of amides is 1. The van der Waals surface area contributed by atoms with Crippen molar-refractivity contribution in [2.45, 2.75) is 13.1 Å². The quantitative estimate of drug-likeness (QED) is 0.515. The van der Waals surface area contributed by atoms with E-state index in [1.165, 1.54) is 11.9 Å². The number of fused-ring (bicyclic) bond motifs is 1. The highest BCUT2D eigenvalue weighted by Crippen LogP contribution is 2.32. The highest BCUT2D eigenvalue weighted by molar-refractivity contribution is 6.37. The van der Waals surface area contributed by atoms with Crippen LogP contribution in [0.25, 0.3) is 22.2 Å². The van der Waals surface area contributed by atoms with Crippen LogP contribution in [-0.4, -0.2) is 72.1 Å². The molecule has 0 radical (unpaired) electrons. The van der Waals surface area contributed by atoms with Crippen molar-refractivity contribution in [1.29, 1.82) is 0 Å². The van der Waals surface area contributed by atoms with E-state index in [9.17, 15) is 4.79 Å². The van der Waals surface area contributed by atoms with E-state index in [4.69, 9.17) is 11.6 Å². The summed E-state index contributed by atoms with van der Waals surface area (Å²) >= 11 is 6.52. The van der Waals surface area contributed by atoms with Crippen LogP contribution in [0.3, 0.4) is 0 Å². The molecule has 3 heterocycles. The summed E-state index contributed by atoms with van der Waals surface area (Å²) in [5, 5.41) is 15.4. The Morgan fingerprint density at radius 2 is 1.84 bits per heavy atom. The van der Waals surface area contributed by atoms with Gasteiger partial charge < -0.3 is 4.90 Å². The molecule has 158 valence electrons. The maximum atomic E-state index is 12.4. The van der Waals surface area contributed by atoms with Crippen molar-refractivity contribution >= 4 is 28.5 Å². The highest BCUT2D eigenvalue weighted by atomic mass is 35.5. The predicted molar refractivity (Wildman–Crippen MR) is 116 cm³/mol. The van der Waals surface area contributed by atoms with Crippen molar-refractivity contribution in [3.8, 4) is 11.1 Å². The minimum absolute atomic E-state index is 0.0791. The Morgan fingerprint density at radius 1 is 1.03 bits per heavy atom. The summed E-state index contributed by atoms with van der Waals surface area (Å²) in [4.78, 5) is 20.5. The Hall–Kier alpha value is -3.30. The molecular formula is C21H21ClN8O. The van der Waals surface area contributed by atoms with Gasteiger partial charge in [-0.3, -0.25) is 9.69 Å². The fraction of sp³-hybridized carbons (Fsp3) is 0.286. The van der Waals surface area contributed by atoms with E-state index in [1.54, 1.807) is 11.0 Å². The zero-order chi connectivity index (χ0) is 21.2. The van der Waals surface area contributed by atoms with Gasteiger partial charge in [0.05, 0.1) is 5.02 Å². The van der Waals surface area contributed by atoms with E-state index in [0.29, 0.717) is 10.5 Å². The molecule has 10 heteroatoms. The Kier molecular flexibility index (Phi) is 5.35. The first kappa shape index (κ1) is 19.7. The molecule has 31 heavy (non-hydrogen) atoms. The van der Waals surface area contributed by atoms with Crippen LogP contribution in [0.15, 0.2) is 49.1 Å². The van der Waals surface area contributed by atoms with Crippen molar-refractivity contribution in [3.63, 3.8) is 0 Å². The Balaban J connectivity index is 1.19. The van der Waals surface area contributed by atoms with Crippen molar-refractivity contribution in [2.75, 3.05) is 26.2 Å². The van der Waals surface area contributed by atoms with E-state index in [0.717, 1.165) is 49.4 Å². The Bertz CT molecular complexity index is 1180. The number of nitrogens with one attached hydrogen (secondary N) is 1. The van der Waals surface area contributed by atoms with Crippen molar-refractivity contribution in [2.24, 2.45) is 0 Å². The summed E-state index contributed by atoms with van der Waals surface area (Å²) < 4.78 is 1.56. The lowest BCUT2D eigenvalue weighted by Crippen LogP contribution is -2.49. The summed E-state index contributed by atoms with van der Waals surface area (Å²) in [5.41, 5.74) is 4.64. The first-order valence-electron chi connectivity index (χ1n) is 10.1. The van der Waals surface area contributed by atoms with E-state index >= 15 is 0 Å². The molecule has 0 unspecified atom stereocenters. The normalized spacial score (nSPS) is 14.9. The molecule has 9 nitrogen and oxygen atoms in total. The predicted octanol–water partition coefficient (Wildman–Crippen LogP) is 2.21. The van der Waals surface area contributed by atoms with Crippen LogP contribution < -0.4 is 0 Å². The van der Waals surface area contributed by atoms with Crippen LogP contribution in [0.5, 0.6) is 0 Å². The Labute approximate surface area is 183 Å². The number of nitrogens with zero attached hydrogens (tertiary/aromatic N) is 7. The molecule has 0 bridgehead atoms. The summed E-state index contributed by atoms with van der Waals surface area (Å²) in [7, 11) is 0. The number of halogens is 1. The van der Waals surface area contributed by atoms with Crippen LogP contribution in [0.4, 0.5) is 0 Å². The van der Waals surface area contributed by atoms with Crippen LogP contribution in [0, 0.1) is 0 Å². The van der Waals surface area contributed by atoms with Gasteiger partial charge in [-0.25, -0.2) is 9.67 Å². The van der Waals surface area contributed by atoms with Crippen molar-refractivity contribution in [1.82, 2.24) is 40.0 Å². The fourth-order valence-corrected chi connectivity index (χ4v) is 4.17. The summed E-state index contributed by atoms with van der Waals surface area (Å²) in [6, 6.07) is 12.3. The van der Waals surface area contributed by atoms with Gasteiger partial charge in [0.1, 0.15) is 30.2 Å². The third kappa shape index (κ3) is 4.14. The average molecular weight is 437 g/mol. The number of carbonyl (C=O) groups is 1. The number of aromatic nitrogens is 6. The number of hydrogen-bond donors (Lipinski definition) is 1. The molecule has 1 aliphatic rings. The molecule has 2 aromatic heterocycles. The minimum Gasteiger partial charge on any atom is -0.339 e. The topological polar surface area (TPSA) is 95.8 Å². The summed E-state index contributed by atoms with van der Waals surface area (Å²) in [6.45, 7) is 4.22. The molecule has 1 saturated heterocycles. The van der Waals surface area contributed by atoms with Gasteiger partial charge in [0, 0.05) is 38.3 Å². The van der Waals surface area contributed by atoms with Gasteiger partial charge >= 0.3 is 0 Å². The number of aromatic amines is 1. The smallest absolute Gasteiger partial charge is 0.244 e. The molecule has 4 aromatic rings. The van der Waals surface area contributed by atoms with Gasteiger partial charge in [-0.15, -0.1) is 0 Å². The number of benzene rings is 2. The number of H-pyrrole nitrogens is 1. The molecule has 1 amide bonds. The maximum Gasteiger partial charge on any atom is 0.244 e. The minimum atomic E-state index is 0.0791. The lowest BCUT2D eigenvalue weighted by molar-refractivity contribution is -0.133. The molecule has 0 saturated carbocycles. The van der Waals surface area contributed by atoms with E-state index in [1.807, 2.05) is 17.0 Å². The fourth-order valence-electron chi connectivity index (χ4n) is 3.86. The zero-order valence-corrected chi connectivity index (χ0v) is 17.5. The molecule has 0 atom stereocenters. The second-order valence-electron chi connectivity index (χ2n) is 7.57. The lowest BCUT2D eigenvalue weighted by atomic mass is 10.0. The van der Waals surface area contributed by atoms with Gasteiger partial charge in [0.15, 0.2) is 0 Å². The van der Waals surface area contributed by atoms with Gasteiger partial charge in [-0.1, -0.05) is 41.9 Å². The average Bonchev–Trinajstić information content (AvgIpc) is 3.48. The first-order chi connectivity index (χ1) is 15.2. The molecule has 0 spiro atoms. The zero-order valence-electron chi connectivity index (χ0n) is 16.8. The number of carbonyl (C=O) groups excluding carboxylic acids is 1. The molecule has 0 aliphatic carbocycles. The number of piperazine rings is 1. The molecule has 1 N–H and O–H groups in total. The van der Waals surface area contributed by atoms with Crippen LogP contribution in [0.2, 0.25) is 5.02 Å². The SMILES string of the molecule is O=C(Cn1cncn1)N1CCN(Cc2ccc(-c3ccc4n[nH]nc4c3Cl)cc2)CC1. The Morgan fingerprint density at radius 3 is 2.58 bits per heavy atom. The second kappa shape index (κ2) is 8.44. The molecule has 1 fully saturated rings. The second-order valence-corrected chi connectivity index (χ2v) is 7.94. The molecule has 2 aromatic carbocycles. The molecule has 5 rings (SSSR count). The maximum absolute atomic E-state index is 12.4. The third-order valence-electron chi connectivity index (χ3n) is 5.59. The molecule has 1 aliphatic heterocycles. The largest absolute Gasteiger partial charge is 0.339 e. The van der Waals surface area contributed by atoms with E-state index in [-0.39, 0.29) is 12.5 Å². The van der Waals surface area contributed by atoms with E-state index < -0.39 is 0 Å². The van der Waals surface area contributed by atoms with Gasteiger partial charge in [-0.2, -0.15) is 20.5 Å². The van der Waals surface area contributed by atoms with Crippen molar-refractivity contribution in [3.05, 3.63) is 59.6 Å². The van der Waals surface area contributed by atoms with Crippen LogP contribution in [0.1, 0.15) is 5.56 Å².